The first-order valence-electron chi connectivity index (χ1n) is 5.36. The molecule has 0 bridgehead atoms. The number of likely N-dealkylation sites (N-methyl/N-ethyl adjacent to an activating group) is 1. The molecule has 6 nitrogen and oxygen atoms in total. The van der Waals surface area contributed by atoms with Crippen molar-refractivity contribution in [1.29, 1.82) is 0 Å². The van der Waals surface area contributed by atoms with Crippen LogP contribution in [0.5, 0.6) is 0 Å². The molecule has 0 atom stereocenters. The van der Waals surface area contributed by atoms with Crippen molar-refractivity contribution >= 4 is 15.9 Å². The summed E-state index contributed by atoms with van der Waals surface area (Å²) < 4.78 is 24.9. The van der Waals surface area contributed by atoms with Gasteiger partial charge in [-0.1, -0.05) is 6.92 Å². The first-order valence-corrected chi connectivity index (χ1v) is 6.97. The molecule has 0 aliphatic carbocycles. The predicted molar refractivity (Wildman–Crippen MR) is 63.4 cm³/mol. The van der Waals surface area contributed by atoms with Crippen LogP contribution < -0.4 is 11.1 Å². The van der Waals surface area contributed by atoms with Crippen LogP contribution in [-0.2, 0) is 14.8 Å². The van der Waals surface area contributed by atoms with Crippen LogP contribution in [0.15, 0.2) is 0 Å². The molecule has 1 amide bonds. The van der Waals surface area contributed by atoms with Gasteiger partial charge in [-0.3, -0.25) is 4.79 Å². The number of hydrogen-bond donors (Lipinski definition) is 2. The lowest BCUT2D eigenvalue weighted by Crippen LogP contribution is -2.41. The Hall–Kier alpha value is -0.660. The number of amides is 1. The molecule has 96 valence electrons. The molecule has 0 aliphatic heterocycles. The first-order chi connectivity index (χ1) is 7.47. The summed E-state index contributed by atoms with van der Waals surface area (Å²) in [4.78, 5) is 11.2. The smallest absolute Gasteiger partial charge is 0.235 e. The highest BCUT2D eigenvalue weighted by Crippen LogP contribution is 2.04. The molecular weight excluding hydrogens is 230 g/mol. The van der Waals surface area contributed by atoms with E-state index in [0.717, 1.165) is 0 Å². The van der Waals surface area contributed by atoms with Crippen molar-refractivity contribution in [1.82, 2.24) is 9.62 Å². The molecule has 0 heterocycles. The topological polar surface area (TPSA) is 92.5 Å². The second-order valence-corrected chi connectivity index (χ2v) is 5.55. The van der Waals surface area contributed by atoms with E-state index in [1.165, 1.54) is 11.4 Å². The van der Waals surface area contributed by atoms with Crippen LogP contribution in [0.2, 0.25) is 0 Å². The third kappa shape index (κ3) is 5.43. The quantitative estimate of drug-likeness (QED) is 0.586. The molecule has 0 aliphatic rings. The molecular formula is C9H21N3O3S. The lowest BCUT2D eigenvalue weighted by Gasteiger charge is -2.20. The molecule has 0 unspecified atom stereocenters. The Bertz CT molecular complexity index is 303. The molecule has 7 heteroatoms. The minimum Gasteiger partial charge on any atom is -0.358 e. The van der Waals surface area contributed by atoms with E-state index in [0.29, 0.717) is 25.9 Å². The largest absolute Gasteiger partial charge is 0.358 e. The van der Waals surface area contributed by atoms with E-state index in [9.17, 15) is 13.2 Å². The molecule has 0 radical (unpaired) electrons. The number of rotatable bonds is 8. The molecule has 0 saturated carbocycles. The van der Waals surface area contributed by atoms with Gasteiger partial charge in [-0.15, -0.1) is 0 Å². The number of nitrogens with two attached hydrogens (primary N) is 1. The second kappa shape index (κ2) is 7.59. The monoisotopic (exact) mass is 251 g/mol. The number of hydrogen-bond acceptors (Lipinski definition) is 4. The minimum atomic E-state index is -3.36. The van der Waals surface area contributed by atoms with Crippen molar-refractivity contribution in [3.63, 3.8) is 0 Å². The molecule has 0 aromatic carbocycles. The van der Waals surface area contributed by atoms with Crippen molar-refractivity contribution in [2.24, 2.45) is 5.73 Å². The van der Waals surface area contributed by atoms with Gasteiger partial charge in [0, 0.05) is 13.6 Å². The van der Waals surface area contributed by atoms with Crippen LogP contribution in [0.25, 0.3) is 0 Å². The molecule has 0 aromatic rings. The van der Waals surface area contributed by atoms with Crippen molar-refractivity contribution in [3.8, 4) is 0 Å². The minimum absolute atomic E-state index is 0.000490. The highest BCUT2D eigenvalue weighted by Gasteiger charge is 2.22. The molecule has 0 fully saturated rings. The summed E-state index contributed by atoms with van der Waals surface area (Å²) >= 11 is 0. The first kappa shape index (κ1) is 15.3. The van der Waals surface area contributed by atoms with Gasteiger partial charge in [0.25, 0.3) is 0 Å². The van der Waals surface area contributed by atoms with E-state index in [4.69, 9.17) is 5.73 Å². The van der Waals surface area contributed by atoms with E-state index in [-0.39, 0.29) is 18.2 Å². The number of nitrogens with one attached hydrogen (secondary N) is 1. The highest BCUT2D eigenvalue weighted by atomic mass is 32.2. The summed E-state index contributed by atoms with van der Waals surface area (Å²) in [6.07, 6.45) is 1.09. The summed E-state index contributed by atoms with van der Waals surface area (Å²) in [6, 6.07) is 0. The lowest BCUT2D eigenvalue weighted by molar-refractivity contribution is -0.120. The van der Waals surface area contributed by atoms with Gasteiger partial charge < -0.3 is 11.1 Å². The van der Waals surface area contributed by atoms with Crippen LogP contribution in [0.3, 0.4) is 0 Å². The zero-order valence-electron chi connectivity index (χ0n) is 9.90. The van der Waals surface area contributed by atoms with Gasteiger partial charge in [-0.25, -0.2) is 8.42 Å². The van der Waals surface area contributed by atoms with Gasteiger partial charge in [0.1, 0.15) is 0 Å². The molecule has 0 saturated heterocycles. The molecule has 16 heavy (non-hydrogen) atoms. The second-order valence-electron chi connectivity index (χ2n) is 3.46. The molecule has 3 N–H and O–H groups in total. The number of nitrogens with zero attached hydrogens (tertiary/aromatic N) is 1. The van der Waals surface area contributed by atoms with Gasteiger partial charge in [0.05, 0.1) is 12.3 Å². The number of carbonyl (C=O) groups is 1. The Morgan fingerprint density at radius 3 is 2.50 bits per heavy atom. The SMILES string of the molecule is CCCN(CC(=O)NC)S(=O)(=O)CCCN. The van der Waals surface area contributed by atoms with Crippen molar-refractivity contribution in [2.45, 2.75) is 19.8 Å². The lowest BCUT2D eigenvalue weighted by atomic mass is 10.4. The maximum atomic E-state index is 11.8. The summed E-state index contributed by atoms with van der Waals surface area (Å²) in [5.74, 6) is -0.301. The molecule has 0 spiro atoms. The van der Waals surface area contributed by atoms with Gasteiger partial charge in [-0.05, 0) is 19.4 Å². The number of sulfonamides is 1. The van der Waals surface area contributed by atoms with Gasteiger partial charge in [0.15, 0.2) is 0 Å². The standard InChI is InChI=1S/C9H21N3O3S/c1-3-6-12(8-9(13)11-2)16(14,15)7-4-5-10/h3-8,10H2,1-2H3,(H,11,13). The fraction of sp³-hybridized carbons (Fsp3) is 0.889. The predicted octanol–water partition coefficient (Wildman–Crippen LogP) is -0.877. The van der Waals surface area contributed by atoms with Crippen molar-refractivity contribution < 1.29 is 13.2 Å². The van der Waals surface area contributed by atoms with E-state index < -0.39 is 10.0 Å². The van der Waals surface area contributed by atoms with E-state index >= 15 is 0 Å². The summed E-state index contributed by atoms with van der Waals surface area (Å²) in [5.41, 5.74) is 5.27. The number of carbonyl (C=O) groups excluding carboxylic acids is 1. The van der Waals surface area contributed by atoms with Crippen LogP contribution >= 0.6 is 0 Å². The zero-order valence-corrected chi connectivity index (χ0v) is 10.7. The van der Waals surface area contributed by atoms with Crippen LogP contribution in [0, 0.1) is 0 Å². The van der Waals surface area contributed by atoms with Crippen LogP contribution in [0.1, 0.15) is 19.8 Å². The third-order valence-corrected chi connectivity index (χ3v) is 3.97. The normalized spacial score (nSPS) is 11.8. The fourth-order valence-corrected chi connectivity index (χ4v) is 2.76. The van der Waals surface area contributed by atoms with Crippen LogP contribution in [-0.4, -0.2) is 51.1 Å². The van der Waals surface area contributed by atoms with E-state index in [1.807, 2.05) is 6.92 Å². The highest BCUT2D eigenvalue weighted by molar-refractivity contribution is 7.89. The van der Waals surface area contributed by atoms with Gasteiger partial charge in [0.2, 0.25) is 15.9 Å². The third-order valence-electron chi connectivity index (χ3n) is 2.07. The zero-order chi connectivity index (χ0) is 12.6. The average molecular weight is 251 g/mol. The van der Waals surface area contributed by atoms with Gasteiger partial charge in [-0.2, -0.15) is 4.31 Å². The van der Waals surface area contributed by atoms with E-state index in [1.54, 1.807) is 0 Å². The van der Waals surface area contributed by atoms with Crippen LogP contribution in [0.4, 0.5) is 0 Å². The Morgan fingerprint density at radius 2 is 2.06 bits per heavy atom. The Balaban J connectivity index is 4.55. The van der Waals surface area contributed by atoms with E-state index in [2.05, 4.69) is 5.32 Å². The van der Waals surface area contributed by atoms with Crippen molar-refractivity contribution in [3.05, 3.63) is 0 Å². The summed E-state index contributed by atoms with van der Waals surface area (Å²) in [6.45, 7) is 2.45. The average Bonchev–Trinajstić information content (AvgIpc) is 2.25. The fourth-order valence-electron chi connectivity index (χ4n) is 1.20. The maximum Gasteiger partial charge on any atom is 0.235 e. The van der Waals surface area contributed by atoms with Crippen molar-refractivity contribution in [2.75, 3.05) is 32.4 Å². The summed E-state index contributed by atoms with van der Waals surface area (Å²) in [7, 11) is -1.87. The van der Waals surface area contributed by atoms with Gasteiger partial charge >= 0.3 is 0 Å². The molecule has 0 rings (SSSR count). The maximum absolute atomic E-state index is 11.8. The Morgan fingerprint density at radius 1 is 1.44 bits per heavy atom. The Labute approximate surface area is 97.2 Å². The molecule has 0 aromatic heterocycles. The summed E-state index contributed by atoms with van der Waals surface area (Å²) in [5, 5.41) is 2.41. The Kier molecular flexibility index (Phi) is 7.27.